The first-order chi connectivity index (χ1) is 12.6. The number of aryl methyl sites for hydroxylation is 1. The predicted molar refractivity (Wildman–Crippen MR) is 103 cm³/mol. The molecule has 126 valence electrons. The molecule has 0 aliphatic heterocycles. The number of nitrogen functional groups attached to an aromatic ring is 1. The van der Waals surface area contributed by atoms with Crippen LogP contribution in [0.5, 0.6) is 0 Å². The SMILES string of the molecule is Cc1cccc(N=Cc2ccc3c(c2N)C(=O)c2ccccc2C3=O)c1. The number of fused-ring (bicyclic) bond motifs is 2. The van der Waals surface area contributed by atoms with E-state index in [1.165, 1.54) is 0 Å². The topological polar surface area (TPSA) is 72.5 Å². The fourth-order valence-electron chi connectivity index (χ4n) is 3.19. The lowest BCUT2D eigenvalue weighted by molar-refractivity contribution is 0.0979. The number of nitrogens with zero attached hydrogens (tertiary/aromatic N) is 1. The first-order valence-electron chi connectivity index (χ1n) is 8.28. The molecule has 26 heavy (non-hydrogen) atoms. The molecule has 0 unspecified atom stereocenters. The highest BCUT2D eigenvalue weighted by molar-refractivity contribution is 6.30. The van der Waals surface area contributed by atoms with Gasteiger partial charge in [-0.2, -0.15) is 0 Å². The lowest BCUT2D eigenvalue weighted by Crippen LogP contribution is -2.22. The highest BCUT2D eigenvalue weighted by Gasteiger charge is 2.31. The zero-order valence-electron chi connectivity index (χ0n) is 14.2. The fourth-order valence-corrected chi connectivity index (χ4v) is 3.19. The molecular weight excluding hydrogens is 324 g/mol. The summed E-state index contributed by atoms with van der Waals surface area (Å²) in [5.74, 6) is -0.400. The molecule has 0 saturated heterocycles. The Kier molecular flexibility index (Phi) is 3.73. The smallest absolute Gasteiger partial charge is 0.196 e. The van der Waals surface area contributed by atoms with Crippen molar-refractivity contribution >= 4 is 29.2 Å². The molecule has 2 N–H and O–H groups in total. The average Bonchev–Trinajstić information content (AvgIpc) is 2.65. The molecule has 0 aromatic heterocycles. The van der Waals surface area contributed by atoms with Crippen molar-refractivity contribution in [3.63, 3.8) is 0 Å². The van der Waals surface area contributed by atoms with E-state index in [1.54, 1.807) is 42.6 Å². The molecule has 1 aliphatic carbocycles. The third-order valence-electron chi connectivity index (χ3n) is 4.52. The number of ketones is 2. The minimum atomic E-state index is -0.224. The highest BCUT2D eigenvalue weighted by Crippen LogP contribution is 2.32. The van der Waals surface area contributed by atoms with Crippen LogP contribution < -0.4 is 5.73 Å². The Labute approximate surface area is 151 Å². The largest absolute Gasteiger partial charge is 0.398 e. The van der Waals surface area contributed by atoms with Gasteiger partial charge >= 0.3 is 0 Å². The van der Waals surface area contributed by atoms with Crippen LogP contribution in [-0.4, -0.2) is 17.8 Å². The number of hydrogen-bond acceptors (Lipinski definition) is 4. The first kappa shape index (κ1) is 16.0. The Hall–Kier alpha value is -3.53. The molecule has 4 rings (SSSR count). The Morgan fingerprint density at radius 1 is 0.846 bits per heavy atom. The molecule has 0 saturated carbocycles. The van der Waals surface area contributed by atoms with Crippen LogP contribution in [0.25, 0.3) is 0 Å². The first-order valence-corrected chi connectivity index (χ1v) is 8.28. The Morgan fingerprint density at radius 3 is 2.31 bits per heavy atom. The van der Waals surface area contributed by atoms with Crippen molar-refractivity contribution < 1.29 is 9.59 Å². The number of hydrogen-bond donors (Lipinski definition) is 1. The van der Waals surface area contributed by atoms with Gasteiger partial charge in [0, 0.05) is 28.5 Å². The van der Waals surface area contributed by atoms with E-state index in [0.29, 0.717) is 22.3 Å². The van der Waals surface area contributed by atoms with Gasteiger partial charge in [-0.15, -0.1) is 0 Å². The number of carbonyl (C=O) groups is 2. The van der Waals surface area contributed by atoms with E-state index in [9.17, 15) is 9.59 Å². The fraction of sp³-hybridized carbons (Fsp3) is 0.0455. The van der Waals surface area contributed by atoms with E-state index < -0.39 is 0 Å². The number of benzene rings is 3. The molecular formula is C22H16N2O2. The molecule has 0 radical (unpaired) electrons. The van der Waals surface area contributed by atoms with Crippen LogP contribution in [0, 0.1) is 6.92 Å². The summed E-state index contributed by atoms with van der Waals surface area (Å²) in [6, 6.07) is 18.0. The molecule has 0 bridgehead atoms. The van der Waals surface area contributed by atoms with Crippen LogP contribution in [0.2, 0.25) is 0 Å². The zero-order chi connectivity index (χ0) is 18.3. The number of anilines is 1. The van der Waals surface area contributed by atoms with Gasteiger partial charge in [0.25, 0.3) is 0 Å². The summed E-state index contributed by atoms with van der Waals surface area (Å²) in [7, 11) is 0. The van der Waals surface area contributed by atoms with E-state index >= 15 is 0 Å². The van der Waals surface area contributed by atoms with Crippen molar-refractivity contribution in [2.45, 2.75) is 6.92 Å². The monoisotopic (exact) mass is 340 g/mol. The summed E-state index contributed by atoms with van der Waals surface area (Å²) in [4.78, 5) is 30.0. The third-order valence-corrected chi connectivity index (χ3v) is 4.52. The molecule has 4 heteroatoms. The van der Waals surface area contributed by atoms with E-state index in [4.69, 9.17) is 5.73 Å². The van der Waals surface area contributed by atoms with Crippen molar-refractivity contribution in [2.24, 2.45) is 4.99 Å². The maximum absolute atomic E-state index is 12.9. The summed E-state index contributed by atoms with van der Waals surface area (Å²) in [5, 5.41) is 0. The Morgan fingerprint density at radius 2 is 1.58 bits per heavy atom. The lowest BCUT2D eigenvalue weighted by atomic mass is 9.82. The maximum Gasteiger partial charge on any atom is 0.196 e. The maximum atomic E-state index is 12.9. The van der Waals surface area contributed by atoms with E-state index in [2.05, 4.69) is 4.99 Å². The van der Waals surface area contributed by atoms with Crippen LogP contribution >= 0.6 is 0 Å². The normalized spacial score (nSPS) is 13.0. The van der Waals surface area contributed by atoms with Crippen molar-refractivity contribution in [3.8, 4) is 0 Å². The summed E-state index contributed by atoms with van der Waals surface area (Å²) >= 11 is 0. The molecule has 3 aromatic carbocycles. The molecule has 4 nitrogen and oxygen atoms in total. The molecule has 0 amide bonds. The number of aliphatic imine (C=N–C) groups is 1. The van der Waals surface area contributed by atoms with Crippen LogP contribution in [0.3, 0.4) is 0 Å². The lowest BCUT2D eigenvalue weighted by Gasteiger charge is -2.19. The van der Waals surface area contributed by atoms with Gasteiger partial charge in [-0.05, 0) is 30.7 Å². The van der Waals surface area contributed by atoms with E-state index in [-0.39, 0.29) is 22.8 Å². The highest BCUT2D eigenvalue weighted by atomic mass is 16.1. The Bertz CT molecular complexity index is 1100. The number of rotatable bonds is 2. The average molecular weight is 340 g/mol. The summed E-state index contributed by atoms with van der Waals surface area (Å²) in [6.07, 6.45) is 1.63. The van der Waals surface area contributed by atoms with E-state index in [0.717, 1.165) is 11.3 Å². The van der Waals surface area contributed by atoms with Gasteiger partial charge in [-0.1, -0.05) is 42.5 Å². The van der Waals surface area contributed by atoms with E-state index in [1.807, 2.05) is 31.2 Å². The molecule has 0 spiro atoms. The standard InChI is InChI=1S/C22H16N2O2/c1-13-5-4-6-15(11-13)24-12-14-9-10-18-19(20(14)23)22(26)17-8-3-2-7-16(17)21(18)25/h2-12H,23H2,1H3. The second-order valence-electron chi connectivity index (χ2n) is 6.29. The van der Waals surface area contributed by atoms with Gasteiger partial charge in [0.2, 0.25) is 0 Å². The number of carbonyl (C=O) groups excluding carboxylic acids is 2. The van der Waals surface area contributed by atoms with Crippen LogP contribution in [0.1, 0.15) is 43.0 Å². The van der Waals surface area contributed by atoms with Gasteiger partial charge in [-0.25, -0.2) is 0 Å². The van der Waals surface area contributed by atoms with Gasteiger partial charge in [0.1, 0.15) is 0 Å². The third kappa shape index (κ3) is 2.52. The minimum Gasteiger partial charge on any atom is -0.398 e. The van der Waals surface area contributed by atoms with Gasteiger partial charge in [0.05, 0.1) is 16.9 Å². The Balaban J connectivity index is 1.80. The van der Waals surface area contributed by atoms with Crippen molar-refractivity contribution in [1.82, 2.24) is 0 Å². The molecule has 1 aliphatic rings. The number of nitrogens with two attached hydrogens (primary N) is 1. The molecule has 0 fully saturated rings. The van der Waals surface area contributed by atoms with Crippen molar-refractivity contribution in [2.75, 3.05) is 5.73 Å². The predicted octanol–water partition coefficient (Wildman–Crippen LogP) is 4.10. The summed E-state index contributed by atoms with van der Waals surface area (Å²) in [5.41, 5.74) is 10.5. The second-order valence-corrected chi connectivity index (χ2v) is 6.29. The van der Waals surface area contributed by atoms with Gasteiger partial charge < -0.3 is 5.73 Å². The van der Waals surface area contributed by atoms with Crippen molar-refractivity contribution in [1.29, 1.82) is 0 Å². The van der Waals surface area contributed by atoms with Crippen LogP contribution in [-0.2, 0) is 0 Å². The second kappa shape index (κ2) is 6.08. The summed E-state index contributed by atoms with van der Waals surface area (Å²) in [6.45, 7) is 1.99. The zero-order valence-corrected chi connectivity index (χ0v) is 14.2. The minimum absolute atomic E-state index is 0.177. The summed E-state index contributed by atoms with van der Waals surface area (Å²) < 4.78 is 0. The molecule has 0 atom stereocenters. The quantitative estimate of drug-likeness (QED) is 0.441. The van der Waals surface area contributed by atoms with Crippen LogP contribution in [0.15, 0.2) is 65.7 Å². The van der Waals surface area contributed by atoms with Crippen LogP contribution in [0.4, 0.5) is 11.4 Å². The van der Waals surface area contributed by atoms with Gasteiger partial charge in [0.15, 0.2) is 11.6 Å². The molecule has 0 heterocycles. The van der Waals surface area contributed by atoms with Gasteiger partial charge in [-0.3, -0.25) is 14.6 Å². The molecule has 3 aromatic rings. The van der Waals surface area contributed by atoms with Crippen molar-refractivity contribution in [3.05, 3.63) is 94.0 Å².